The molecule has 2 unspecified atom stereocenters. The number of aromatic nitrogens is 6. The number of nitriles is 1. The number of hydrogen-bond donors (Lipinski definition) is 4. The van der Waals surface area contributed by atoms with Crippen molar-refractivity contribution in [3.8, 4) is 6.07 Å². The van der Waals surface area contributed by atoms with Crippen molar-refractivity contribution in [1.82, 2.24) is 35.3 Å². The first kappa shape index (κ1) is 20.1. The Labute approximate surface area is 175 Å². The molecule has 10 heteroatoms. The van der Waals surface area contributed by atoms with Crippen LogP contribution in [0.1, 0.15) is 44.7 Å². The summed E-state index contributed by atoms with van der Waals surface area (Å²) in [4.78, 5) is 11.8. The first-order chi connectivity index (χ1) is 14.7. The second-order valence-corrected chi connectivity index (χ2v) is 7.84. The molecule has 0 aliphatic carbocycles. The SMILES string of the molecule is CCCC1CC(Nc2nc(Nc3cc(C)[nH]n3)c3cn[nH]c3n2)CCN1CCC#N. The Bertz CT molecular complexity index is 1020. The predicted molar refractivity (Wildman–Crippen MR) is 115 cm³/mol. The normalized spacial score (nSPS) is 19.6. The molecule has 1 aliphatic heterocycles. The molecule has 0 bridgehead atoms. The van der Waals surface area contributed by atoms with Gasteiger partial charge in [0.25, 0.3) is 0 Å². The Hall–Kier alpha value is -3.19. The van der Waals surface area contributed by atoms with Crippen LogP contribution in [0.3, 0.4) is 0 Å². The van der Waals surface area contributed by atoms with Crippen LogP contribution in [0.5, 0.6) is 0 Å². The molecule has 0 radical (unpaired) electrons. The minimum Gasteiger partial charge on any atom is -0.351 e. The van der Waals surface area contributed by atoms with Gasteiger partial charge in [-0.25, -0.2) is 0 Å². The summed E-state index contributed by atoms with van der Waals surface area (Å²) in [7, 11) is 0. The second-order valence-electron chi connectivity index (χ2n) is 7.84. The Morgan fingerprint density at radius 3 is 3.00 bits per heavy atom. The first-order valence-electron chi connectivity index (χ1n) is 10.5. The highest BCUT2D eigenvalue weighted by Crippen LogP contribution is 2.26. The smallest absolute Gasteiger partial charge is 0.226 e. The van der Waals surface area contributed by atoms with Crippen molar-refractivity contribution in [3.63, 3.8) is 0 Å². The zero-order chi connectivity index (χ0) is 20.9. The van der Waals surface area contributed by atoms with E-state index in [1.54, 1.807) is 6.20 Å². The number of fused-ring (bicyclic) bond motifs is 1. The maximum absolute atomic E-state index is 8.94. The van der Waals surface area contributed by atoms with Gasteiger partial charge < -0.3 is 10.6 Å². The highest BCUT2D eigenvalue weighted by atomic mass is 15.3. The van der Waals surface area contributed by atoms with E-state index in [1.807, 2.05) is 13.0 Å². The fourth-order valence-corrected chi connectivity index (χ4v) is 4.13. The Morgan fingerprint density at radius 2 is 2.23 bits per heavy atom. The highest BCUT2D eigenvalue weighted by Gasteiger charge is 2.28. The molecular formula is C20H28N10. The number of aryl methyl sites for hydroxylation is 1. The molecule has 1 aliphatic rings. The van der Waals surface area contributed by atoms with Crippen LogP contribution >= 0.6 is 0 Å². The lowest BCUT2D eigenvalue weighted by molar-refractivity contribution is 0.135. The molecule has 0 saturated carbocycles. The van der Waals surface area contributed by atoms with E-state index in [0.717, 1.165) is 49.9 Å². The lowest BCUT2D eigenvalue weighted by Gasteiger charge is -2.39. The van der Waals surface area contributed by atoms with Gasteiger partial charge in [-0.15, -0.1) is 0 Å². The van der Waals surface area contributed by atoms with Crippen molar-refractivity contribution in [3.05, 3.63) is 18.0 Å². The third-order valence-corrected chi connectivity index (χ3v) is 5.57. The van der Waals surface area contributed by atoms with E-state index in [4.69, 9.17) is 10.2 Å². The largest absolute Gasteiger partial charge is 0.351 e. The van der Waals surface area contributed by atoms with Gasteiger partial charge in [0.05, 0.1) is 17.7 Å². The molecule has 10 nitrogen and oxygen atoms in total. The van der Waals surface area contributed by atoms with Crippen LogP contribution in [0, 0.1) is 18.3 Å². The topological polar surface area (TPSA) is 134 Å². The lowest BCUT2D eigenvalue weighted by atomic mass is 9.94. The summed E-state index contributed by atoms with van der Waals surface area (Å²) in [6, 6.07) is 4.97. The molecule has 1 saturated heterocycles. The van der Waals surface area contributed by atoms with Gasteiger partial charge in [-0.3, -0.25) is 15.1 Å². The molecule has 0 aromatic carbocycles. The van der Waals surface area contributed by atoms with Crippen LogP contribution in [-0.2, 0) is 0 Å². The maximum Gasteiger partial charge on any atom is 0.226 e. The van der Waals surface area contributed by atoms with Gasteiger partial charge in [0.15, 0.2) is 11.5 Å². The van der Waals surface area contributed by atoms with Crippen LogP contribution in [-0.4, -0.2) is 60.4 Å². The van der Waals surface area contributed by atoms with E-state index in [1.165, 1.54) is 0 Å². The average Bonchev–Trinajstić information content (AvgIpc) is 3.36. The summed E-state index contributed by atoms with van der Waals surface area (Å²) in [6.45, 7) is 5.99. The number of H-pyrrole nitrogens is 2. The molecule has 4 rings (SSSR count). The Kier molecular flexibility index (Phi) is 6.09. The molecule has 1 fully saturated rings. The summed E-state index contributed by atoms with van der Waals surface area (Å²) < 4.78 is 0. The fraction of sp³-hybridized carbons (Fsp3) is 0.550. The zero-order valence-electron chi connectivity index (χ0n) is 17.4. The van der Waals surface area contributed by atoms with Crippen molar-refractivity contribution < 1.29 is 0 Å². The standard InChI is InChI=1S/C20H28N10/c1-3-5-15-11-14(6-9-30(15)8-4-7-21)23-20-25-18(16-12-22-29-19(16)26-20)24-17-10-13(2)27-28-17/h10,12,14-15H,3-6,8-9,11H2,1-2H3,(H4,22,23,24,25,26,27,28,29). The predicted octanol–water partition coefficient (Wildman–Crippen LogP) is 3.09. The van der Waals surface area contributed by atoms with Crippen molar-refractivity contribution >= 4 is 28.6 Å². The van der Waals surface area contributed by atoms with Crippen molar-refractivity contribution in [2.75, 3.05) is 23.7 Å². The summed E-state index contributed by atoms with van der Waals surface area (Å²) in [5.74, 6) is 1.94. The van der Waals surface area contributed by atoms with Gasteiger partial charge >= 0.3 is 0 Å². The van der Waals surface area contributed by atoms with E-state index >= 15 is 0 Å². The minimum absolute atomic E-state index is 0.292. The number of aromatic amines is 2. The number of piperidine rings is 1. The number of nitrogens with zero attached hydrogens (tertiary/aromatic N) is 6. The number of nitrogens with one attached hydrogen (secondary N) is 4. The average molecular weight is 409 g/mol. The Morgan fingerprint density at radius 1 is 1.33 bits per heavy atom. The van der Waals surface area contributed by atoms with Gasteiger partial charge in [-0.2, -0.15) is 25.4 Å². The number of hydrogen-bond acceptors (Lipinski definition) is 8. The fourth-order valence-electron chi connectivity index (χ4n) is 4.13. The van der Waals surface area contributed by atoms with E-state index in [9.17, 15) is 0 Å². The lowest BCUT2D eigenvalue weighted by Crippen LogP contribution is -2.46. The van der Waals surface area contributed by atoms with Gasteiger partial charge in [0.1, 0.15) is 5.82 Å². The molecule has 0 spiro atoms. The van der Waals surface area contributed by atoms with E-state index in [-0.39, 0.29) is 0 Å². The molecule has 158 valence electrons. The van der Waals surface area contributed by atoms with Crippen LogP contribution in [0.4, 0.5) is 17.6 Å². The third-order valence-electron chi connectivity index (χ3n) is 5.57. The molecule has 3 aromatic heterocycles. The van der Waals surface area contributed by atoms with Gasteiger partial charge in [0, 0.05) is 43.4 Å². The number of anilines is 3. The molecular weight excluding hydrogens is 380 g/mol. The van der Waals surface area contributed by atoms with E-state index in [0.29, 0.717) is 41.7 Å². The van der Waals surface area contributed by atoms with Crippen molar-refractivity contribution in [2.45, 2.75) is 58.0 Å². The highest BCUT2D eigenvalue weighted by molar-refractivity contribution is 5.88. The van der Waals surface area contributed by atoms with Gasteiger partial charge in [0.2, 0.25) is 5.95 Å². The number of likely N-dealkylation sites (tertiary alicyclic amines) is 1. The molecule has 30 heavy (non-hydrogen) atoms. The molecule has 4 N–H and O–H groups in total. The third kappa shape index (κ3) is 4.52. The van der Waals surface area contributed by atoms with Gasteiger partial charge in [-0.05, 0) is 26.2 Å². The maximum atomic E-state index is 8.94. The van der Waals surface area contributed by atoms with Gasteiger partial charge in [-0.1, -0.05) is 13.3 Å². The van der Waals surface area contributed by atoms with Crippen molar-refractivity contribution in [2.24, 2.45) is 0 Å². The van der Waals surface area contributed by atoms with Crippen molar-refractivity contribution in [1.29, 1.82) is 5.26 Å². The summed E-state index contributed by atoms with van der Waals surface area (Å²) in [5.41, 5.74) is 1.65. The molecule has 2 atom stereocenters. The van der Waals surface area contributed by atoms with E-state index in [2.05, 4.69) is 53.9 Å². The monoisotopic (exact) mass is 408 g/mol. The minimum atomic E-state index is 0.292. The summed E-state index contributed by atoms with van der Waals surface area (Å²) in [6.07, 6.45) is 6.58. The summed E-state index contributed by atoms with van der Waals surface area (Å²) >= 11 is 0. The molecule has 4 heterocycles. The molecule has 3 aromatic rings. The van der Waals surface area contributed by atoms with Crippen LogP contribution < -0.4 is 10.6 Å². The van der Waals surface area contributed by atoms with Crippen LogP contribution in [0.15, 0.2) is 12.3 Å². The van der Waals surface area contributed by atoms with E-state index < -0.39 is 0 Å². The first-order valence-corrected chi connectivity index (χ1v) is 10.5. The zero-order valence-corrected chi connectivity index (χ0v) is 17.4. The second kappa shape index (κ2) is 9.09. The van der Waals surface area contributed by atoms with Crippen LogP contribution in [0.2, 0.25) is 0 Å². The summed E-state index contributed by atoms with van der Waals surface area (Å²) in [5, 5.41) is 30.8. The number of rotatable bonds is 8. The quantitative estimate of drug-likeness (QED) is 0.447. The van der Waals surface area contributed by atoms with Crippen LogP contribution in [0.25, 0.3) is 11.0 Å². The molecule has 0 amide bonds. The Balaban J connectivity index is 1.50.